The molecular weight excluding hydrogens is 366 g/mol. The average molecular weight is 394 g/mol. The zero-order valence-electron chi connectivity index (χ0n) is 15.6. The SMILES string of the molecule is COCCc1nc2cc(NC(=O)C3CC4CCCC(C3)C4N)ccc2o1.Cl. The minimum atomic E-state index is 0. The Bertz CT molecular complexity index is 780. The molecule has 1 heterocycles. The lowest BCUT2D eigenvalue weighted by Gasteiger charge is -2.43. The van der Waals surface area contributed by atoms with Crippen LogP contribution in [0.4, 0.5) is 5.69 Å². The van der Waals surface area contributed by atoms with E-state index in [1.807, 2.05) is 18.2 Å². The third-order valence-electron chi connectivity index (χ3n) is 6.00. The Kier molecular flexibility index (Phi) is 6.40. The first-order valence-electron chi connectivity index (χ1n) is 9.59. The standard InChI is InChI=1S/C20H27N3O3.ClH/c1-25-8-7-18-23-16-11-15(5-6-17(16)26-18)22-20(24)14-9-12-3-2-4-13(10-14)19(12)21;/h5-6,11-14,19H,2-4,7-10,21H2,1H3,(H,22,24);1H. The van der Waals surface area contributed by atoms with Crippen LogP contribution < -0.4 is 11.1 Å². The lowest BCUT2D eigenvalue weighted by atomic mass is 9.65. The number of anilines is 1. The molecule has 27 heavy (non-hydrogen) atoms. The zero-order chi connectivity index (χ0) is 18.1. The van der Waals surface area contributed by atoms with Crippen molar-refractivity contribution in [1.29, 1.82) is 0 Å². The van der Waals surface area contributed by atoms with Gasteiger partial charge < -0.3 is 20.2 Å². The summed E-state index contributed by atoms with van der Waals surface area (Å²) >= 11 is 0. The summed E-state index contributed by atoms with van der Waals surface area (Å²) in [6.45, 7) is 0.572. The number of rotatable bonds is 5. The van der Waals surface area contributed by atoms with Gasteiger partial charge in [0, 0.05) is 31.2 Å². The van der Waals surface area contributed by atoms with Crippen LogP contribution in [0.1, 0.15) is 38.0 Å². The molecule has 7 heteroatoms. The highest BCUT2D eigenvalue weighted by molar-refractivity contribution is 5.94. The molecule has 2 aliphatic carbocycles. The van der Waals surface area contributed by atoms with E-state index in [-0.39, 0.29) is 30.3 Å². The molecule has 6 nitrogen and oxygen atoms in total. The van der Waals surface area contributed by atoms with Crippen molar-refractivity contribution in [3.05, 3.63) is 24.1 Å². The fourth-order valence-corrected chi connectivity index (χ4v) is 4.60. The van der Waals surface area contributed by atoms with E-state index < -0.39 is 0 Å². The van der Waals surface area contributed by atoms with Crippen LogP contribution in [-0.2, 0) is 16.0 Å². The summed E-state index contributed by atoms with van der Waals surface area (Å²) in [5.41, 5.74) is 8.60. The van der Waals surface area contributed by atoms with Crippen LogP contribution in [0.5, 0.6) is 0 Å². The van der Waals surface area contributed by atoms with Gasteiger partial charge in [0.2, 0.25) is 5.91 Å². The van der Waals surface area contributed by atoms with Crippen LogP contribution in [0.2, 0.25) is 0 Å². The van der Waals surface area contributed by atoms with E-state index in [0.29, 0.717) is 30.8 Å². The Hall–Kier alpha value is -1.63. The van der Waals surface area contributed by atoms with Gasteiger partial charge in [-0.1, -0.05) is 6.42 Å². The summed E-state index contributed by atoms with van der Waals surface area (Å²) in [4.78, 5) is 17.2. The van der Waals surface area contributed by atoms with Crippen LogP contribution in [0, 0.1) is 17.8 Å². The summed E-state index contributed by atoms with van der Waals surface area (Å²) < 4.78 is 10.7. The van der Waals surface area contributed by atoms with E-state index in [1.165, 1.54) is 6.42 Å². The molecule has 3 N–H and O–H groups in total. The Balaban J connectivity index is 0.00000210. The Morgan fingerprint density at radius 2 is 2.07 bits per heavy atom. The molecule has 1 aromatic heterocycles. The molecule has 4 rings (SSSR count). The first kappa shape index (κ1) is 20.1. The number of fused-ring (bicyclic) bond motifs is 3. The number of benzene rings is 1. The molecular formula is C20H28ClN3O3. The van der Waals surface area contributed by atoms with Crippen molar-refractivity contribution in [2.75, 3.05) is 19.0 Å². The Labute approximate surface area is 165 Å². The molecule has 2 bridgehead atoms. The normalized spacial score (nSPS) is 27.2. The molecule has 2 fully saturated rings. The highest BCUT2D eigenvalue weighted by Crippen LogP contribution is 2.42. The molecule has 0 radical (unpaired) electrons. The van der Waals surface area contributed by atoms with Crippen molar-refractivity contribution in [2.45, 2.75) is 44.6 Å². The number of nitrogens with zero attached hydrogens (tertiary/aromatic N) is 1. The maximum Gasteiger partial charge on any atom is 0.227 e. The van der Waals surface area contributed by atoms with E-state index >= 15 is 0 Å². The molecule has 0 saturated heterocycles. The monoisotopic (exact) mass is 393 g/mol. The second-order valence-corrected chi connectivity index (χ2v) is 7.72. The van der Waals surface area contributed by atoms with Crippen LogP contribution in [0.3, 0.4) is 0 Å². The number of aromatic nitrogens is 1. The smallest absolute Gasteiger partial charge is 0.227 e. The number of hydrogen-bond donors (Lipinski definition) is 2. The van der Waals surface area contributed by atoms with E-state index in [9.17, 15) is 4.79 Å². The van der Waals surface area contributed by atoms with Gasteiger partial charge in [-0.25, -0.2) is 4.98 Å². The van der Waals surface area contributed by atoms with Gasteiger partial charge in [-0.05, 0) is 55.7 Å². The first-order chi connectivity index (χ1) is 12.6. The number of carbonyl (C=O) groups is 1. The minimum absolute atomic E-state index is 0. The highest BCUT2D eigenvalue weighted by atomic mass is 35.5. The van der Waals surface area contributed by atoms with E-state index in [1.54, 1.807) is 7.11 Å². The second-order valence-electron chi connectivity index (χ2n) is 7.72. The molecule has 1 amide bonds. The summed E-state index contributed by atoms with van der Waals surface area (Å²) in [6, 6.07) is 5.90. The van der Waals surface area contributed by atoms with E-state index in [4.69, 9.17) is 14.9 Å². The maximum atomic E-state index is 12.8. The third-order valence-corrected chi connectivity index (χ3v) is 6.00. The maximum absolute atomic E-state index is 12.8. The highest BCUT2D eigenvalue weighted by Gasteiger charge is 2.40. The molecule has 0 spiro atoms. The lowest BCUT2D eigenvalue weighted by Crippen LogP contribution is -2.48. The molecule has 1 aromatic carbocycles. The van der Waals surface area contributed by atoms with Crippen LogP contribution in [0.15, 0.2) is 22.6 Å². The number of amides is 1. The fourth-order valence-electron chi connectivity index (χ4n) is 4.60. The molecule has 2 unspecified atom stereocenters. The minimum Gasteiger partial charge on any atom is -0.441 e. The number of oxazole rings is 1. The van der Waals surface area contributed by atoms with Crippen molar-refractivity contribution in [2.24, 2.45) is 23.5 Å². The zero-order valence-corrected chi connectivity index (χ0v) is 16.5. The third kappa shape index (κ3) is 4.28. The van der Waals surface area contributed by atoms with Crippen LogP contribution >= 0.6 is 12.4 Å². The average Bonchev–Trinajstić information content (AvgIpc) is 3.01. The molecule has 0 aliphatic heterocycles. The summed E-state index contributed by atoms with van der Waals surface area (Å²) in [5.74, 6) is 1.82. The second kappa shape index (κ2) is 8.59. The number of halogens is 1. The molecule has 2 aromatic rings. The topological polar surface area (TPSA) is 90.4 Å². The number of carbonyl (C=O) groups excluding carboxylic acids is 1. The number of hydrogen-bond acceptors (Lipinski definition) is 5. The fraction of sp³-hybridized carbons (Fsp3) is 0.600. The Morgan fingerprint density at radius 3 is 2.78 bits per heavy atom. The summed E-state index contributed by atoms with van der Waals surface area (Å²) in [6.07, 6.45) is 6.05. The number of ether oxygens (including phenoxy) is 1. The van der Waals surface area contributed by atoms with Crippen molar-refractivity contribution < 1.29 is 13.9 Å². The largest absolute Gasteiger partial charge is 0.441 e. The van der Waals surface area contributed by atoms with Gasteiger partial charge in [0.05, 0.1) is 6.61 Å². The van der Waals surface area contributed by atoms with Crippen molar-refractivity contribution in [3.8, 4) is 0 Å². The predicted octanol–water partition coefficient (Wildman–Crippen LogP) is 3.53. The number of nitrogens with two attached hydrogens (primary N) is 1. The summed E-state index contributed by atoms with van der Waals surface area (Å²) in [5, 5.41) is 3.07. The predicted molar refractivity (Wildman–Crippen MR) is 107 cm³/mol. The van der Waals surface area contributed by atoms with Gasteiger partial charge in [-0.15, -0.1) is 12.4 Å². The van der Waals surface area contributed by atoms with Gasteiger partial charge >= 0.3 is 0 Å². The molecule has 2 aliphatic rings. The number of methoxy groups -OCH3 is 1. The van der Waals surface area contributed by atoms with Gasteiger partial charge in [-0.2, -0.15) is 0 Å². The van der Waals surface area contributed by atoms with Crippen molar-refractivity contribution in [1.82, 2.24) is 4.98 Å². The molecule has 2 saturated carbocycles. The van der Waals surface area contributed by atoms with Gasteiger partial charge in [-0.3, -0.25) is 4.79 Å². The van der Waals surface area contributed by atoms with Crippen LogP contribution in [0.25, 0.3) is 11.1 Å². The van der Waals surface area contributed by atoms with Crippen molar-refractivity contribution in [3.63, 3.8) is 0 Å². The lowest BCUT2D eigenvalue weighted by molar-refractivity contribution is -0.122. The Morgan fingerprint density at radius 1 is 1.33 bits per heavy atom. The van der Waals surface area contributed by atoms with E-state index in [2.05, 4.69) is 10.3 Å². The van der Waals surface area contributed by atoms with Crippen LogP contribution in [-0.4, -0.2) is 30.6 Å². The van der Waals surface area contributed by atoms with Crippen molar-refractivity contribution >= 4 is 35.1 Å². The summed E-state index contributed by atoms with van der Waals surface area (Å²) in [7, 11) is 1.66. The molecule has 148 valence electrons. The first-order valence-corrected chi connectivity index (χ1v) is 9.59. The van der Waals surface area contributed by atoms with E-state index in [0.717, 1.165) is 42.5 Å². The van der Waals surface area contributed by atoms with Gasteiger partial charge in [0.15, 0.2) is 11.5 Å². The van der Waals surface area contributed by atoms with Gasteiger partial charge in [0.25, 0.3) is 0 Å². The van der Waals surface area contributed by atoms with Gasteiger partial charge in [0.1, 0.15) is 5.52 Å². The quantitative estimate of drug-likeness (QED) is 0.810. The molecule has 2 atom stereocenters. The number of nitrogens with one attached hydrogen (secondary N) is 1.